The van der Waals surface area contributed by atoms with Crippen LogP contribution in [0.2, 0.25) is 0 Å². The zero-order valence-electron chi connectivity index (χ0n) is 14.9. The van der Waals surface area contributed by atoms with Gasteiger partial charge in [0, 0.05) is 49.9 Å². The van der Waals surface area contributed by atoms with Gasteiger partial charge in [-0.3, -0.25) is 4.98 Å². The minimum atomic E-state index is -3.74. The molecule has 0 bridgehead atoms. The Morgan fingerprint density at radius 3 is 2.52 bits per heavy atom. The number of fused-ring (bicyclic) bond motifs is 1. The van der Waals surface area contributed by atoms with Crippen molar-refractivity contribution < 1.29 is 13.5 Å². The molecule has 0 fully saturated rings. The van der Waals surface area contributed by atoms with Gasteiger partial charge in [-0.2, -0.15) is 4.31 Å². The minimum Gasteiger partial charge on any atom is -0.387 e. The van der Waals surface area contributed by atoms with E-state index in [-0.39, 0.29) is 11.4 Å². The lowest BCUT2D eigenvalue weighted by Crippen LogP contribution is -2.48. The highest BCUT2D eigenvalue weighted by atomic mass is 32.2. The molecular formula is C20H21N3O3S. The maximum atomic E-state index is 13.4. The van der Waals surface area contributed by atoms with Crippen LogP contribution in [-0.2, 0) is 30.0 Å². The lowest BCUT2D eigenvalue weighted by Gasteiger charge is -2.39. The smallest absolute Gasteiger partial charge is 0.244 e. The number of pyridine rings is 1. The maximum Gasteiger partial charge on any atom is 0.244 e. The van der Waals surface area contributed by atoms with Crippen molar-refractivity contribution in [1.82, 2.24) is 13.9 Å². The predicted octanol–water partition coefficient (Wildman–Crippen LogP) is 2.27. The molecule has 140 valence electrons. The van der Waals surface area contributed by atoms with Gasteiger partial charge in [0.2, 0.25) is 10.0 Å². The van der Waals surface area contributed by atoms with Gasteiger partial charge in [-0.05, 0) is 35.9 Å². The lowest BCUT2D eigenvalue weighted by molar-refractivity contribution is 0.0761. The molecule has 2 atom stereocenters. The van der Waals surface area contributed by atoms with E-state index >= 15 is 0 Å². The fraction of sp³-hybridized carbons (Fsp3) is 0.250. The van der Waals surface area contributed by atoms with Crippen molar-refractivity contribution in [1.29, 1.82) is 0 Å². The summed E-state index contributed by atoms with van der Waals surface area (Å²) >= 11 is 0. The van der Waals surface area contributed by atoms with Crippen LogP contribution in [0.25, 0.3) is 0 Å². The lowest BCUT2D eigenvalue weighted by atomic mass is 9.97. The molecule has 1 aliphatic rings. The summed E-state index contributed by atoms with van der Waals surface area (Å²) in [7, 11) is -1.82. The first kappa shape index (κ1) is 17.9. The first-order valence-electron chi connectivity index (χ1n) is 8.76. The third-order valence-electron chi connectivity index (χ3n) is 5.12. The number of aliphatic hydroxyl groups excluding tert-OH is 1. The second-order valence-electron chi connectivity index (χ2n) is 6.77. The van der Waals surface area contributed by atoms with Gasteiger partial charge in [-0.1, -0.05) is 18.2 Å². The third kappa shape index (κ3) is 3.18. The van der Waals surface area contributed by atoms with Crippen LogP contribution < -0.4 is 0 Å². The molecule has 27 heavy (non-hydrogen) atoms. The Balaban J connectivity index is 1.81. The monoisotopic (exact) mass is 383 g/mol. The van der Waals surface area contributed by atoms with Gasteiger partial charge >= 0.3 is 0 Å². The van der Waals surface area contributed by atoms with E-state index in [4.69, 9.17) is 0 Å². The first-order chi connectivity index (χ1) is 13.0. The standard InChI is InChI=1S/C20H21N3O3S/c1-22-12-4-5-16(22)13-18-20(24)17-6-2-3-7-19(17)27(25,26)23(18)14-15-8-10-21-11-9-15/h2-12,18,20,24H,13-14H2,1H3/t18-,20-/m1/s1. The van der Waals surface area contributed by atoms with Crippen LogP contribution >= 0.6 is 0 Å². The minimum absolute atomic E-state index is 0.176. The average molecular weight is 383 g/mol. The topological polar surface area (TPSA) is 75.4 Å². The first-order valence-corrected chi connectivity index (χ1v) is 10.2. The van der Waals surface area contributed by atoms with Crippen LogP contribution in [0.5, 0.6) is 0 Å². The summed E-state index contributed by atoms with van der Waals surface area (Å²) in [4.78, 5) is 4.17. The van der Waals surface area contributed by atoms with E-state index in [0.29, 0.717) is 12.0 Å². The van der Waals surface area contributed by atoms with Crippen molar-refractivity contribution in [3.63, 3.8) is 0 Å². The second kappa shape index (κ2) is 6.92. The summed E-state index contributed by atoms with van der Waals surface area (Å²) in [6, 6.07) is 13.6. The van der Waals surface area contributed by atoms with E-state index in [2.05, 4.69) is 4.98 Å². The number of hydrogen-bond acceptors (Lipinski definition) is 4. The van der Waals surface area contributed by atoms with E-state index < -0.39 is 22.2 Å². The quantitative estimate of drug-likeness (QED) is 0.750. The number of aryl methyl sites for hydroxylation is 1. The SMILES string of the molecule is Cn1cccc1C[C@@H]1[C@H](O)c2ccccc2S(=O)(=O)N1Cc1ccncc1. The number of sulfonamides is 1. The molecule has 0 saturated heterocycles. The van der Waals surface area contributed by atoms with Gasteiger partial charge in [-0.25, -0.2) is 8.42 Å². The molecular weight excluding hydrogens is 362 g/mol. The van der Waals surface area contributed by atoms with Crippen LogP contribution in [0.1, 0.15) is 22.9 Å². The van der Waals surface area contributed by atoms with Gasteiger partial charge in [0.15, 0.2) is 0 Å². The van der Waals surface area contributed by atoms with E-state index in [1.54, 1.807) is 48.8 Å². The molecule has 1 aromatic carbocycles. The van der Waals surface area contributed by atoms with E-state index in [1.807, 2.05) is 29.9 Å². The highest BCUT2D eigenvalue weighted by Gasteiger charge is 2.43. The zero-order valence-corrected chi connectivity index (χ0v) is 15.7. The number of hydrogen-bond donors (Lipinski definition) is 1. The van der Waals surface area contributed by atoms with Crippen molar-refractivity contribution >= 4 is 10.0 Å². The summed E-state index contributed by atoms with van der Waals surface area (Å²) in [5.74, 6) is 0. The summed E-state index contributed by atoms with van der Waals surface area (Å²) in [5.41, 5.74) is 2.26. The van der Waals surface area contributed by atoms with Crippen molar-refractivity contribution in [3.05, 3.63) is 83.9 Å². The second-order valence-corrected chi connectivity index (χ2v) is 8.63. The van der Waals surface area contributed by atoms with Gasteiger partial charge in [0.25, 0.3) is 0 Å². The molecule has 0 unspecified atom stereocenters. The molecule has 3 heterocycles. The molecule has 0 aliphatic carbocycles. The van der Waals surface area contributed by atoms with Crippen LogP contribution in [0.15, 0.2) is 72.0 Å². The van der Waals surface area contributed by atoms with Crippen molar-refractivity contribution in [2.45, 2.75) is 30.0 Å². The third-order valence-corrected chi connectivity index (χ3v) is 7.06. The van der Waals surface area contributed by atoms with E-state index in [9.17, 15) is 13.5 Å². The molecule has 2 aromatic heterocycles. The van der Waals surface area contributed by atoms with Gasteiger partial charge < -0.3 is 9.67 Å². The Kier molecular flexibility index (Phi) is 4.59. The fourth-order valence-electron chi connectivity index (χ4n) is 3.64. The van der Waals surface area contributed by atoms with Crippen LogP contribution in [0.3, 0.4) is 0 Å². The molecule has 6 nitrogen and oxygen atoms in total. The number of rotatable bonds is 4. The highest BCUT2D eigenvalue weighted by Crippen LogP contribution is 2.38. The zero-order chi connectivity index (χ0) is 19.0. The molecule has 0 saturated carbocycles. The molecule has 7 heteroatoms. The predicted molar refractivity (Wildman–Crippen MR) is 101 cm³/mol. The molecule has 0 spiro atoms. The van der Waals surface area contributed by atoms with Crippen molar-refractivity contribution in [2.24, 2.45) is 7.05 Å². The number of aliphatic hydroxyl groups is 1. The number of aromatic nitrogens is 2. The highest BCUT2D eigenvalue weighted by molar-refractivity contribution is 7.89. The Labute approximate surface area is 158 Å². The molecule has 0 amide bonds. The average Bonchev–Trinajstić information content (AvgIpc) is 3.08. The van der Waals surface area contributed by atoms with Gasteiger partial charge in [0.1, 0.15) is 0 Å². The van der Waals surface area contributed by atoms with Gasteiger partial charge in [0.05, 0.1) is 17.0 Å². The Hall–Kier alpha value is -2.48. The normalized spacial score (nSPS) is 21.7. The molecule has 3 aromatic rings. The van der Waals surface area contributed by atoms with E-state index in [1.165, 1.54) is 4.31 Å². The Morgan fingerprint density at radius 2 is 1.81 bits per heavy atom. The van der Waals surface area contributed by atoms with E-state index in [0.717, 1.165) is 11.3 Å². The van der Waals surface area contributed by atoms with Crippen LogP contribution in [0, 0.1) is 0 Å². The summed E-state index contributed by atoms with van der Waals surface area (Å²) < 4.78 is 30.1. The molecule has 0 radical (unpaired) electrons. The molecule has 1 N–H and O–H groups in total. The number of benzene rings is 1. The summed E-state index contributed by atoms with van der Waals surface area (Å²) in [6.45, 7) is 0.186. The molecule has 1 aliphatic heterocycles. The van der Waals surface area contributed by atoms with Gasteiger partial charge in [-0.15, -0.1) is 0 Å². The summed E-state index contributed by atoms with van der Waals surface area (Å²) in [6.07, 6.45) is 4.72. The van der Waals surface area contributed by atoms with Crippen LogP contribution in [0.4, 0.5) is 0 Å². The fourth-order valence-corrected chi connectivity index (χ4v) is 5.49. The Bertz CT molecular complexity index is 1050. The summed E-state index contributed by atoms with van der Waals surface area (Å²) in [5, 5.41) is 11.1. The maximum absolute atomic E-state index is 13.4. The van der Waals surface area contributed by atoms with Crippen LogP contribution in [-0.4, -0.2) is 33.4 Å². The van der Waals surface area contributed by atoms with Crippen molar-refractivity contribution in [2.75, 3.05) is 0 Å². The largest absolute Gasteiger partial charge is 0.387 e. The van der Waals surface area contributed by atoms with Crippen molar-refractivity contribution in [3.8, 4) is 0 Å². The number of nitrogens with zero attached hydrogens (tertiary/aromatic N) is 3. The Morgan fingerprint density at radius 1 is 1.07 bits per heavy atom. The molecule has 4 rings (SSSR count).